The lowest BCUT2D eigenvalue weighted by molar-refractivity contribution is -0.117. The van der Waals surface area contributed by atoms with Crippen LogP contribution < -0.4 is 14.8 Å². The van der Waals surface area contributed by atoms with Crippen LogP contribution >= 0.6 is 0 Å². The van der Waals surface area contributed by atoms with Crippen molar-refractivity contribution in [2.75, 3.05) is 52.3 Å². The highest BCUT2D eigenvalue weighted by atomic mass is 16.5. The van der Waals surface area contributed by atoms with E-state index in [1.54, 1.807) is 20.3 Å². The van der Waals surface area contributed by atoms with Crippen molar-refractivity contribution in [3.63, 3.8) is 0 Å². The topological polar surface area (TPSA) is 54.0 Å². The van der Waals surface area contributed by atoms with Crippen molar-refractivity contribution in [3.05, 3.63) is 18.2 Å². The van der Waals surface area contributed by atoms with Gasteiger partial charge in [0.15, 0.2) is 0 Å². The van der Waals surface area contributed by atoms with Gasteiger partial charge in [0.25, 0.3) is 0 Å². The van der Waals surface area contributed by atoms with Gasteiger partial charge in [0.05, 0.1) is 26.5 Å². The van der Waals surface area contributed by atoms with Crippen LogP contribution in [0.25, 0.3) is 0 Å². The summed E-state index contributed by atoms with van der Waals surface area (Å²) < 4.78 is 10.5. The molecule has 0 bridgehead atoms. The fourth-order valence-corrected chi connectivity index (χ4v) is 3.49. The number of piperazine rings is 1. The molecule has 2 fully saturated rings. The van der Waals surface area contributed by atoms with Crippen molar-refractivity contribution in [1.29, 1.82) is 0 Å². The van der Waals surface area contributed by atoms with Gasteiger partial charge in [-0.05, 0) is 31.5 Å². The minimum Gasteiger partial charge on any atom is -0.497 e. The van der Waals surface area contributed by atoms with Crippen LogP contribution in [0.5, 0.6) is 11.5 Å². The SMILES string of the molecule is COc1ccc(NC(=O)CN2CCN3CCC[C@@H]3C2)c(OC)c1. The van der Waals surface area contributed by atoms with Gasteiger partial charge in [0, 0.05) is 31.7 Å². The minimum atomic E-state index is -0.0000798. The standard InChI is InChI=1S/C17H25N3O3/c1-22-14-5-6-15(16(10-14)23-2)18-17(21)12-19-8-9-20-7-3-4-13(20)11-19/h5-6,10,13H,3-4,7-9,11-12H2,1-2H3,(H,18,21)/t13-/m1/s1. The van der Waals surface area contributed by atoms with E-state index in [4.69, 9.17) is 9.47 Å². The summed E-state index contributed by atoms with van der Waals surface area (Å²) in [6, 6.07) is 6.03. The van der Waals surface area contributed by atoms with Crippen LogP contribution in [0.4, 0.5) is 5.69 Å². The number of carbonyl (C=O) groups is 1. The summed E-state index contributed by atoms with van der Waals surface area (Å²) in [4.78, 5) is 17.1. The summed E-state index contributed by atoms with van der Waals surface area (Å²) in [5.41, 5.74) is 0.679. The van der Waals surface area contributed by atoms with Crippen molar-refractivity contribution in [2.45, 2.75) is 18.9 Å². The molecule has 2 aliphatic rings. The minimum absolute atomic E-state index is 0.0000798. The van der Waals surface area contributed by atoms with E-state index < -0.39 is 0 Å². The van der Waals surface area contributed by atoms with Gasteiger partial charge in [-0.15, -0.1) is 0 Å². The Morgan fingerprint density at radius 3 is 2.91 bits per heavy atom. The average molecular weight is 319 g/mol. The third-order valence-electron chi connectivity index (χ3n) is 4.72. The van der Waals surface area contributed by atoms with Crippen LogP contribution in [0.2, 0.25) is 0 Å². The van der Waals surface area contributed by atoms with Crippen LogP contribution in [-0.2, 0) is 4.79 Å². The summed E-state index contributed by atoms with van der Waals surface area (Å²) >= 11 is 0. The molecule has 2 heterocycles. The van der Waals surface area contributed by atoms with Gasteiger partial charge >= 0.3 is 0 Å². The quantitative estimate of drug-likeness (QED) is 0.890. The number of anilines is 1. The molecule has 0 saturated carbocycles. The van der Waals surface area contributed by atoms with Crippen molar-refractivity contribution in [3.8, 4) is 11.5 Å². The van der Waals surface area contributed by atoms with Crippen molar-refractivity contribution in [1.82, 2.24) is 9.80 Å². The highest BCUT2D eigenvalue weighted by Crippen LogP contribution is 2.29. The third kappa shape index (κ3) is 3.76. The molecule has 2 aliphatic heterocycles. The van der Waals surface area contributed by atoms with Gasteiger partial charge in [-0.3, -0.25) is 14.6 Å². The molecule has 0 radical (unpaired) electrons. The largest absolute Gasteiger partial charge is 0.497 e. The van der Waals surface area contributed by atoms with Crippen molar-refractivity contribution < 1.29 is 14.3 Å². The highest BCUT2D eigenvalue weighted by Gasteiger charge is 2.31. The number of hydrogen-bond acceptors (Lipinski definition) is 5. The summed E-state index contributed by atoms with van der Waals surface area (Å²) in [5.74, 6) is 1.32. The fourth-order valence-electron chi connectivity index (χ4n) is 3.49. The summed E-state index contributed by atoms with van der Waals surface area (Å²) in [6.07, 6.45) is 2.54. The molecule has 1 aromatic carbocycles. The molecule has 126 valence electrons. The summed E-state index contributed by atoms with van der Waals surface area (Å²) in [6.45, 7) is 4.67. The van der Waals surface area contributed by atoms with Crippen LogP contribution in [0.3, 0.4) is 0 Å². The van der Waals surface area contributed by atoms with E-state index in [0.717, 1.165) is 19.6 Å². The number of hydrogen-bond donors (Lipinski definition) is 1. The first-order valence-electron chi connectivity index (χ1n) is 8.18. The van der Waals surface area contributed by atoms with E-state index in [0.29, 0.717) is 29.8 Å². The van der Waals surface area contributed by atoms with Gasteiger partial charge in [0.2, 0.25) is 5.91 Å². The molecule has 3 rings (SSSR count). The molecule has 1 amide bonds. The Morgan fingerprint density at radius 2 is 2.13 bits per heavy atom. The van der Waals surface area contributed by atoms with Crippen LogP contribution in [0.15, 0.2) is 18.2 Å². The Bertz CT molecular complexity index is 564. The monoisotopic (exact) mass is 319 g/mol. The predicted octanol–water partition coefficient (Wildman–Crippen LogP) is 1.42. The maximum Gasteiger partial charge on any atom is 0.238 e. The van der Waals surface area contributed by atoms with Crippen molar-refractivity contribution >= 4 is 11.6 Å². The van der Waals surface area contributed by atoms with Crippen LogP contribution in [0, 0.1) is 0 Å². The number of rotatable bonds is 5. The predicted molar refractivity (Wildman–Crippen MR) is 89.2 cm³/mol. The zero-order chi connectivity index (χ0) is 16.2. The molecule has 6 heteroatoms. The first kappa shape index (κ1) is 16.1. The van der Waals surface area contributed by atoms with Crippen LogP contribution in [-0.4, -0.2) is 68.7 Å². The maximum absolute atomic E-state index is 12.3. The van der Waals surface area contributed by atoms with Crippen LogP contribution in [0.1, 0.15) is 12.8 Å². The first-order valence-corrected chi connectivity index (χ1v) is 8.18. The van der Waals surface area contributed by atoms with Gasteiger partial charge in [-0.1, -0.05) is 0 Å². The molecule has 2 saturated heterocycles. The lowest BCUT2D eigenvalue weighted by Crippen LogP contribution is -2.51. The van der Waals surface area contributed by atoms with Gasteiger partial charge < -0.3 is 14.8 Å². The second kappa shape index (κ2) is 7.19. The van der Waals surface area contributed by atoms with E-state index in [1.165, 1.54) is 19.4 Å². The molecule has 23 heavy (non-hydrogen) atoms. The van der Waals surface area contributed by atoms with Gasteiger partial charge in [-0.25, -0.2) is 0 Å². The molecule has 0 aliphatic carbocycles. The second-order valence-electron chi connectivity index (χ2n) is 6.18. The zero-order valence-electron chi connectivity index (χ0n) is 13.9. The van der Waals surface area contributed by atoms with E-state index >= 15 is 0 Å². The Kier molecular flexibility index (Phi) is 5.03. The number of methoxy groups -OCH3 is 2. The fraction of sp³-hybridized carbons (Fsp3) is 0.588. The Balaban J connectivity index is 1.57. The Morgan fingerprint density at radius 1 is 1.26 bits per heavy atom. The number of ether oxygens (including phenoxy) is 2. The normalized spacial score (nSPS) is 21.7. The molecule has 1 aromatic rings. The first-order chi connectivity index (χ1) is 11.2. The van der Waals surface area contributed by atoms with Gasteiger partial charge in [-0.2, -0.15) is 0 Å². The molecule has 0 spiro atoms. The van der Waals surface area contributed by atoms with Gasteiger partial charge in [0.1, 0.15) is 11.5 Å². The Labute approximate surface area is 137 Å². The smallest absolute Gasteiger partial charge is 0.238 e. The molecule has 0 aromatic heterocycles. The van der Waals surface area contributed by atoms with E-state index in [1.807, 2.05) is 12.1 Å². The number of nitrogens with zero attached hydrogens (tertiary/aromatic N) is 2. The number of nitrogens with one attached hydrogen (secondary N) is 1. The number of benzene rings is 1. The van der Waals surface area contributed by atoms with E-state index in [-0.39, 0.29) is 5.91 Å². The zero-order valence-corrected chi connectivity index (χ0v) is 13.9. The maximum atomic E-state index is 12.3. The van der Waals surface area contributed by atoms with Crippen molar-refractivity contribution in [2.24, 2.45) is 0 Å². The molecule has 1 atom stereocenters. The average Bonchev–Trinajstić information content (AvgIpc) is 3.02. The number of fused-ring (bicyclic) bond motifs is 1. The lowest BCUT2D eigenvalue weighted by Gasteiger charge is -2.37. The molecule has 6 nitrogen and oxygen atoms in total. The lowest BCUT2D eigenvalue weighted by atomic mass is 10.1. The summed E-state index contributed by atoms with van der Waals surface area (Å²) in [5, 5.41) is 2.94. The second-order valence-corrected chi connectivity index (χ2v) is 6.18. The molecular formula is C17H25N3O3. The number of amides is 1. The molecule has 0 unspecified atom stereocenters. The highest BCUT2D eigenvalue weighted by molar-refractivity contribution is 5.93. The number of carbonyl (C=O) groups excluding carboxylic acids is 1. The third-order valence-corrected chi connectivity index (χ3v) is 4.72. The molecule has 1 N–H and O–H groups in total. The van der Waals surface area contributed by atoms with E-state index in [9.17, 15) is 4.79 Å². The molecular weight excluding hydrogens is 294 g/mol. The Hall–Kier alpha value is -1.79. The van der Waals surface area contributed by atoms with E-state index in [2.05, 4.69) is 15.1 Å². The summed E-state index contributed by atoms with van der Waals surface area (Å²) in [7, 11) is 3.19.